The summed E-state index contributed by atoms with van der Waals surface area (Å²) in [5.41, 5.74) is 0. The molecule has 0 radical (unpaired) electrons. The van der Waals surface area contributed by atoms with Gasteiger partial charge in [0.25, 0.3) is 0 Å². The minimum Gasteiger partial charge on any atom is -0.300 e. The Balaban J connectivity index is 2.35. The molecule has 0 spiro atoms. The van der Waals surface area contributed by atoms with Crippen LogP contribution in [-0.2, 0) is 9.68 Å². The van der Waals surface area contributed by atoms with E-state index in [4.69, 9.17) is 5.26 Å². The molecular formula is C8H14O3. The Labute approximate surface area is 66.3 Å². The lowest BCUT2D eigenvalue weighted by molar-refractivity contribution is -0.280. The molecule has 1 atom stereocenters. The van der Waals surface area contributed by atoms with Gasteiger partial charge in [-0.15, -0.1) is 0 Å². The van der Waals surface area contributed by atoms with E-state index in [1.54, 1.807) is 0 Å². The van der Waals surface area contributed by atoms with Gasteiger partial charge in [0.2, 0.25) is 0 Å². The van der Waals surface area contributed by atoms with E-state index in [-0.39, 0.29) is 11.9 Å². The fraction of sp³-hybridized carbons (Fsp3) is 0.875. The predicted molar refractivity (Wildman–Crippen MR) is 40.2 cm³/mol. The summed E-state index contributed by atoms with van der Waals surface area (Å²) in [7, 11) is 0. The third kappa shape index (κ3) is 2.99. The summed E-state index contributed by atoms with van der Waals surface area (Å²) >= 11 is 0. The number of carbonyl (C=O) groups is 1. The molecule has 64 valence electrons. The predicted octanol–water partition coefficient (Wildman–Crippen LogP) is 1.77. The number of carbonyl (C=O) groups excluding carboxylic acids is 1. The molecular weight excluding hydrogens is 144 g/mol. The van der Waals surface area contributed by atoms with Crippen molar-refractivity contribution < 1.29 is 14.9 Å². The summed E-state index contributed by atoms with van der Waals surface area (Å²) in [4.78, 5) is 15.2. The lowest BCUT2D eigenvalue weighted by Gasteiger charge is -2.14. The maximum atomic E-state index is 11.0. The van der Waals surface area contributed by atoms with E-state index in [0.29, 0.717) is 12.8 Å². The molecule has 0 saturated heterocycles. The Morgan fingerprint density at radius 1 is 1.36 bits per heavy atom. The van der Waals surface area contributed by atoms with E-state index in [2.05, 4.69) is 4.89 Å². The van der Waals surface area contributed by atoms with Gasteiger partial charge < -0.3 is 0 Å². The van der Waals surface area contributed by atoms with Gasteiger partial charge in [-0.1, -0.05) is 12.8 Å². The fourth-order valence-electron chi connectivity index (χ4n) is 1.42. The fourth-order valence-corrected chi connectivity index (χ4v) is 1.42. The highest BCUT2D eigenvalue weighted by Crippen LogP contribution is 2.16. The highest BCUT2D eigenvalue weighted by molar-refractivity contribution is 5.78. The molecule has 1 N–H and O–H groups in total. The summed E-state index contributed by atoms with van der Waals surface area (Å²) in [6, 6.07) is 0. The first-order chi connectivity index (χ1) is 5.33. The second kappa shape index (κ2) is 4.46. The van der Waals surface area contributed by atoms with Gasteiger partial charge in [0.05, 0.1) is 6.10 Å². The molecule has 0 amide bonds. The molecule has 1 aliphatic rings. The van der Waals surface area contributed by atoms with Crippen LogP contribution in [0.3, 0.4) is 0 Å². The maximum absolute atomic E-state index is 11.0. The lowest BCUT2D eigenvalue weighted by Crippen LogP contribution is -2.18. The number of ketones is 1. The molecule has 0 aromatic heterocycles. The number of rotatable bonds is 1. The standard InChI is InChI=1S/C8H14O3/c9-7-4-2-1-3-5-8(6-7)11-10/h8,10H,1-6H2. The molecule has 1 aliphatic carbocycles. The van der Waals surface area contributed by atoms with Crippen LogP contribution >= 0.6 is 0 Å². The van der Waals surface area contributed by atoms with Crippen molar-refractivity contribution in [2.24, 2.45) is 0 Å². The van der Waals surface area contributed by atoms with E-state index in [1.807, 2.05) is 0 Å². The van der Waals surface area contributed by atoms with Crippen LogP contribution < -0.4 is 0 Å². The topological polar surface area (TPSA) is 46.5 Å². The second-order valence-electron chi connectivity index (χ2n) is 3.07. The van der Waals surface area contributed by atoms with Crippen LogP contribution in [0, 0.1) is 0 Å². The van der Waals surface area contributed by atoms with Crippen LogP contribution in [0.4, 0.5) is 0 Å². The summed E-state index contributed by atoms with van der Waals surface area (Å²) in [5, 5.41) is 8.37. The third-order valence-corrected chi connectivity index (χ3v) is 2.09. The van der Waals surface area contributed by atoms with Gasteiger partial charge in [-0.3, -0.25) is 10.1 Å². The average Bonchev–Trinajstić information content (AvgIpc) is 1.96. The van der Waals surface area contributed by atoms with Crippen molar-refractivity contribution in [2.75, 3.05) is 0 Å². The Hall–Kier alpha value is -0.410. The van der Waals surface area contributed by atoms with Crippen molar-refractivity contribution in [1.29, 1.82) is 0 Å². The first kappa shape index (κ1) is 8.68. The molecule has 1 rings (SSSR count). The number of hydrogen-bond donors (Lipinski definition) is 1. The molecule has 0 heterocycles. The third-order valence-electron chi connectivity index (χ3n) is 2.09. The monoisotopic (exact) mass is 158 g/mol. The zero-order valence-electron chi connectivity index (χ0n) is 6.58. The zero-order valence-corrected chi connectivity index (χ0v) is 6.58. The van der Waals surface area contributed by atoms with Crippen molar-refractivity contribution >= 4 is 5.78 Å². The highest BCUT2D eigenvalue weighted by atomic mass is 17.1. The van der Waals surface area contributed by atoms with Gasteiger partial charge in [-0.05, 0) is 12.8 Å². The Morgan fingerprint density at radius 3 is 2.91 bits per heavy atom. The molecule has 1 unspecified atom stereocenters. The summed E-state index contributed by atoms with van der Waals surface area (Å²) < 4.78 is 0. The molecule has 11 heavy (non-hydrogen) atoms. The Morgan fingerprint density at radius 2 is 2.18 bits per heavy atom. The molecule has 0 aromatic carbocycles. The van der Waals surface area contributed by atoms with Crippen LogP contribution in [0.15, 0.2) is 0 Å². The van der Waals surface area contributed by atoms with Crippen LogP contribution in [0.25, 0.3) is 0 Å². The summed E-state index contributed by atoms with van der Waals surface area (Å²) in [5.74, 6) is 0.212. The number of hydrogen-bond acceptors (Lipinski definition) is 3. The largest absolute Gasteiger partial charge is 0.300 e. The lowest BCUT2D eigenvalue weighted by atomic mass is 9.98. The van der Waals surface area contributed by atoms with Crippen LogP contribution in [0.5, 0.6) is 0 Å². The molecule has 1 fully saturated rings. The molecule has 3 nitrogen and oxygen atoms in total. The van der Waals surface area contributed by atoms with Gasteiger partial charge in [-0.25, -0.2) is 4.89 Å². The van der Waals surface area contributed by atoms with Crippen molar-refractivity contribution in [3.63, 3.8) is 0 Å². The van der Waals surface area contributed by atoms with Crippen LogP contribution in [-0.4, -0.2) is 17.1 Å². The molecule has 3 heteroatoms. The maximum Gasteiger partial charge on any atom is 0.135 e. The van der Waals surface area contributed by atoms with Crippen LogP contribution in [0.1, 0.15) is 38.5 Å². The van der Waals surface area contributed by atoms with Crippen molar-refractivity contribution in [3.8, 4) is 0 Å². The van der Waals surface area contributed by atoms with E-state index < -0.39 is 0 Å². The Bertz CT molecular complexity index is 133. The molecule has 0 aromatic rings. The first-order valence-corrected chi connectivity index (χ1v) is 4.15. The normalized spacial score (nSPS) is 27.7. The van der Waals surface area contributed by atoms with Gasteiger partial charge in [-0.2, -0.15) is 0 Å². The van der Waals surface area contributed by atoms with Crippen molar-refractivity contribution in [1.82, 2.24) is 0 Å². The minimum atomic E-state index is -0.247. The minimum absolute atomic E-state index is 0.212. The molecule has 0 bridgehead atoms. The number of Topliss-reactive ketones (excluding diaryl/α,β-unsaturated/α-hetero) is 1. The summed E-state index contributed by atoms with van der Waals surface area (Å²) in [6.07, 6.45) is 4.72. The average molecular weight is 158 g/mol. The quantitative estimate of drug-likeness (QED) is 0.467. The molecule has 0 aliphatic heterocycles. The SMILES string of the molecule is O=C1CCCCCC(OO)C1. The van der Waals surface area contributed by atoms with E-state index in [9.17, 15) is 4.79 Å². The van der Waals surface area contributed by atoms with E-state index >= 15 is 0 Å². The Kier molecular flexibility index (Phi) is 3.52. The highest BCUT2D eigenvalue weighted by Gasteiger charge is 2.16. The second-order valence-corrected chi connectivity index (χ2v) is 3.07. The van der Waals surface area contributed by atoms with Gasteiger partial charge >= 0.3 is 0 Å². The van der Waals surface area contributed by atoms with Gasteiger partial charge in [0.15, 0.2) is 0 Å². The first-order valence-electron chi connectivity index (χ1n) is 4.15. The van der Waals surface area contributed by atoms with E-state index in [0.717, 1.165) is 25.7 Å². The summed E-state index contributed by atoms with van der Waals surface area (Å²) in [6.45, 7) is 0. The smallest absolute Gasteiger partial charge is 0.135 e. The van der Waals surface area contributed by atoms with Crippen molar-refractivity contribution in [3.05, 3.63) is 0 Å². The van der Waals surface area contributed by atoms with Crippen LogP contribution in [0.2, 0.25) is 0 Å². The zero-order chi connectivity index (χ0) is 8.10. The van der Waals surface area contributed by atoms with Crippen molar-refractivity contribution in [2.45, 2.75) is 44.6 Å². The van der Waals surface area contributed by atoms with E-state index in [1.165, 1.54) is 0 Å². The molecule has 1 saturated carbocycles. The van der Waals surface area contributed by atoms with Gasteiger partial charge in [0, 0.05) is 12.8 Å². The van der Waals surface area contributed by atoms with Gasteiger partial charge in [0.1, 0.15) is 5.78 Å².